The average molecular weight is 283 g/mol. The van der Waals surface area contributed by atoms with Gasteiger partial charge in [-0.3, -0.25) is 0 Å². The van der Waals surface area contributed by atoms with E-state index in [2.05, 4.69) is 15.0 Å². The van der Waals surface area contributed by atoms with Gasteiger partial charge in [0.25, 0.3) is 0 Å². The molecule has 0 radical (unpaired) electrons. The summed E-state index contributed by atoms with van der Waals surface area (Å²) in [4.78, 5) is 12.3. The van der Waals surface area contributed by atoms with Crippen molar-refractivity contribution >= 4 is 12.6 Å². The molecule has 0 bridgehead atoms. The minimum Gasteiger partial charge on any atom is -0.399 e. The average Bonchev–Trinajstić information content (AvgIpc) is 2.68. The molecule has 108 valence electrons. The van der Waals surface area contributed by atoms with Crippen LogP contribution in [0.2, 0.25) is 0 Å². The maximum atomic E-state index is 6.12. The summed E-state index contributed by atoms with van der Waals surface area (Å²) in [6.45, 7) is 8.16. The normalized spacial score (nSPS) is 19.7. The minimum atomic E-state index is -0.428. The van der Waals surface area contributed by atoms with Gasteiger partial charge in [-0.15, -0.1) is 0 Å². The number of benzene rings is 1. The second-order valence-electron chi connectivity index (χ2n) is 6.14. The van der Waals surface area contributed by atoms with E-state index < -0.39 is 7.12 Å². The van der Waals surface area contributed by atoms with Gasteiger partial charge in [-0.05, 0) is 33.2 Å². The van der Waals surface area contributed by atoms with Gasteiger partial charge < -0.3 is 9.31 Å². The molecule has 1 aliphatic heterocycles. The molecule has 21 heavy (non-hydrogen) atoms. The van der Waals surface area contributed by atoms with Gasteiger partial charge in [0.2, 0.25) is 0 Å². The SMILES string of the molecule is CC1(C)OB(c2ccccc2-c2ncncn2)OC1(C)C. The van der Waals surface area contributed by atoms with Crippen molar-refractivity contribution in [2.24, 2.45) is 0 Å². The molecule has 0 spiro atoms. The fourth-order valence-electron chi connectivity index (χ4n) is 2.25. The van der Waals surface area contributed by atoms with E-state index in [0.717, 1.165) is 11.0 Å². The zero-order valence-corrected chi connectivity index (χ0v) is 12.7. The summed E-state index contributed by atoms with van der Waals surface area (Å²) in [7, 11) is -0.428. The van der Waals surface area contributed by atoms with Crippen LogP contribution in [0.5, 0.6) is 0 Å². The molecule has 5 nitrogen and oxygen atoms in total. The Morgan fingerprint density at radius 3 is 2.10 bits per heavy atom. The first kappa shape index (κ1) is 14.2. The lowest BCUT2D eigenvalue weighted by Crippen LogP contribution is -2.41. The molecule has 1 saturated heterocycles. The van der Waals surface area contributed by atoms with Crippen LogP contribution in [0.4, 0.5) is 0 Å². The van der Waals surface area contributed by atoms with Gasteiger partial charge in [0, 0.05) is 5.56 Å². The van der Waals surface area contributed by atoms with Crippen molar-refractivity contribution < 1.29 is 9.31 Å². The summed E-state index contributed by atoms with van der Waals surface area (Å²) in [6.07, 6.45) is 2.98. The van der Waals surface area contributed by atoms with E-state index in [1.54, 1.807) is 0 Å². The zero-order valence-electron chi connectivity index (χ0n) is 12.7. The Morgan fingerprint density at radius 1 is 0.905 bits per heavy atom. The molecule has 0 aliphatic carbocycles. The van der Waals surface area contributed by atoms with Crippen molar-refractivity contribution in [1.29, 1.82) is 0 Å². The number of rotatable bonds is 2. The van der Waals surface area contributed by atoms with Crippen molar-refractivity contribution in [2.75, 3.05) is 0 Å². The molecule has 0 N–H and O–H groups in total. The Morgan fingerprint density at radius 2 is 1.48 bits per heavy atom. The van der Waals surface area contributed by atoms with Crippen LogP contribution in [0.25, 0.3) is 11.4 Å². The highest BCUT2D eigenvalue weighted by Crippen LogP contribution is 2.37. The standard InChI is InChI=1S/C15H18BN3O2/c1-14(2)15(3,4)21-16(20-14)12-8-6-5-7-11(12)13-18-9-17-10-19-13/h5-10H,1-4H3. The molecule has 2 aromatic rings. The summed E-state index contributed by atoms with van der Waals surface area (Å²) in [5.74, 6) is 0.621. The maximum Gasteiger partial charge on any atom is 0.495 e. The third kappa shape index (κ3) is 2.45. The Bertz CT molecular complexity index is 630. The highest BCUT2D eigenvalue weighted by molar-refractivity contribution is 6.63. The third-order valence-corrected chi connectivity index (χ3v) is 4.20. The van der Waals surface area contributed by atoms with E-state index >= 15 is 0 Å². The number of hydrogen-bond acceptors (Lipinski definition) is 5. The lowest BCUT2D eigenvalue weighted by Gasteiger charge is -2.32. The Kier molecular flexibility index (Phi) is 3.30. The van der Waals surface area contributed by atoms with Gasteiger partial charge in [0.1, 0.15) is 12.7 Å². The highest BCUT2D eigenvalue weighted by Gasteiger charge is 2.52. The third-order valence-electron chi connectivity index (χ3n) is 4.20. The van der Waals surface area contributed by atoms with E-state index in [1.807, 2.05) is 52.0 Å². The fourth-order valence-corrected chi connectivity index (χ4v) is 2.25. The summed E-state index contributed by atoms with van der Waals surface area (Å²) in [5, 5.41) is 0. The molecule has 2 heterocycles. The summed E-state index contributed by atoms with van der Waals surface area (Å²) < 4.78 is 12.2. The predicted molar refractivity (Wildman–Crippen MR) is 81.0 cm³/mol. The van der Waals surface area contributed by atoms with Gasteiger partial charge in [-0.25, -0.2) is 15.0 Å². The Balaban J connectivity index is 2.02. The summed E-state index contributed by atoms with van der Waals surface area (Å²) >= 11 is 0. The van der Waals surface area contributed by atoms with Crippen molar-refractivity contribution in [3.8, 4) is 11.4 Å². The van der Waals surface area contributed by atoms with Gasteiger partial charge in [-0.2, -0.15) is 0 Å². The molecule has 0 unspecified atom stereocenters. The monoisotopic (exact) mass is 283 g/mol. The van der Waals surface area contributed by atoms with E-state index in [1.165, 1.54) is 12.7 Å². The Hall–Kier alpha value is -1.79. The topological polar surface area (TPSA) is 57.1 Å². The number of aromatic nitrogens is 3. The quantitative estimate of drug-likeness (QED) is 0.787. The van der Waals surface area contributed by atoms with Crippen LogP contribution < -0.4 is 5.46 Å². The van der Waals surface area contributed by atoms with Gasteiger partial charge >= 0.3 is 7.12 Å². The van der Waals surface area contributed by atoms with Gasteiger partial charge in [0.05, 0.1) is 11.2 Å². The predicted octanol–water partition coefficient (Wildman–Crippen LogP) is 1.84. The van der Waals surface area contributed by atoms with Gasteiger partial charge in [-0.1, -0.05) is 24.3 Å². The number of hydrogen-bond donors (Lipinski definition) is 0. The summed E-state index contributed by atoms with van der Waals surface area (Å²) in [5.41, 5.74) is 1.09. The first-order valence-electron chi connectivity index (χ1n) is 6.98. The smallest absolute Gasteiger partial charge is 0.399 e. The van der Waals surface area contributed by atoms with Crippen molar-refractivity contribution in [3.63, 3.8) is 0 Å². The molecule has 0 atom stereocenters. The number of nitrogens with zero attached hydrogens (tertiary/aromatic N) is 3. The van der Waals surface area contributed by atoms with Crippen molar-refractivity contribution in [1.82, 2.24) is 15.0 Å². The molecule has 0 saturated carbocycles. The summed E-state index contributed by atoms with van der Waals surface area (Å²) in [6, 6.07) is 7.87. The molecule has 0 amide bonds. The molecule has 6 heteroatoms. The maximum absolute atomic E-state index is 6.12. The highest BCUT2D eigenvalue weighted by atomic mass is 16.7. The van der Waals surface area contributed by atoms with Crippen LogP contribution in [-0.4, -0.2) is 33.3 Å². The van der Waals surface area contributed by atoms with Crippen LogP contribution in [0.1, 0.15) is 27.7 Å². The Labute approximate surface area is 124 Å². The van der Waals surface area contributed by atoms with Gasteiger partial charge in [0.15, 0.2) is 5.82 Å². The zero-order chi connectivity index (χ0) is 15.1. The fraction of sp³-hybridized carbons (Fsp3) is 0.400. The van der Waals surface area contributed by atoms with Crippen LogP contribution in [0, 0.1) is 0 Å². The lowest BCUT2D eigenvalue weighted by atomic mass is 9.76. The van der Waals surface area contributed by atoms with Crippen LogP contribution in [0.15, 0.2) is 36.9 Å². The molecule has 1 aromatic carbocycles. The van der Waals surface area contributed by atoms with E-state index in [9.17, 15) is 0 Å². The first-order valence-corrected chi connectivity index (χ1v) is 6.98. The lowest BCUT2D eigenvalue weighted by molar-refractivity contribution is 0.00578. The molecular formula is C15H18BN3O2. The van der Waals surface area contributed by atoms with Crippen molar-refractivity contribution in [2.45, 2.75) is 38.9 Å². The second-order valence-corrected chi connectivity index (χ2v) is 6.14. The van der Waals surface area contributed by atoms with Crippen LogP contribution in [0.3, 0.4) is 0 Å². The van der Waals surface area contributed by atoms with E-state index in [0.29, 0.717) is 5.82 Å². The van der Waals surface area contributed by atoms with E-state index in [4.69, 9.17) is 9.31 Å². The molecular weight excluding hydrogens is 265 g/mol. The first-order chi connectivity index (χ1) is 9.91. The minimum absolute atomic E-state index is 0.371. The molecule has 1 aromatic heterocycles. The largest absolute Gasteiger partial charge is 0.495 e. The molecule has 1 fully saturated rings. The van der Waals surface area contributed by atoms with E-state index in [-0.39, 0.29) is 11.2 Å². The van der Waals surface area contributed by atoms with Crippen molar-refractivity contribution in [3.05, 3.63) is 36.9 Å². The van der Waals surface area contributed by atoms with Crippen LogP contribution >= 0.6 is 0 Å². The second kappa shape index (κ2) is 4.89. The van der Waals surface area contributed by atoms with Crippen LogP contribution in [-0.2, 0) is 9.31 Å². The molecule has 3 rings (SSSR count). The molecule has 1 aliphatic rings.